The van der Waals surface area contributed by atoms with E-state index in [1.165, 1.54) is 0 Å². The number of benzene rings is 1. The van der Waals surface area contributed by atoms with Crippen LogP contribution in [-0.4, -0.2) is 0 Å². The third-order valence-corrected chi connectivity index (χ3v) is 3.23. The Kier molecular flexibility index (Phi) is 4.84. The van der Waals surface area contributed by atoms with E-state index in [0.29, 0.717) is 12.8 Å². The highest BCUT2D eigenvalue weighted by Gasteiger charge is 2.43. The van der Waals surface area contributed by atoms with Crippen LogP contribution in [0.3, 0.4) is 0 Å². The van der Waals surface area contributed by atoms with E-state index in [1.807, 2.05) is 0 Å². The maximum Gasteiger partial charge on any atom is 0.416 e. The Morgan fingerprint density at radius 3 is 1.90 bits per heavy atom. The molecule has 1 nitrogen and oxygen atoms in total. The maximum atomic E-state index is 13.7. The molecule has 1 saturated carbocycles. The molecule has 0 amide bonds. The van der Waals surface area contributed by atoms with Gasteiger partial charge in [0, 0.05) is 11.6 Å². The molecule has 0 radical (unpaired) electrons. The molecule has 0 heterocycles. The monoisotopic (exact) mass is 337 g/mol. The van der Waals surface area contributed by atoms with Crippen molar-refractivity contribution < 1.29 is 30.7 Å². The second kappa shape index (κ2) is 5.64. The van der Waals surface area contributed by atoms with Crippen molar-refractivity contribution in [2.24, 2.45) is 11.7 Å². The van der Waals surface area contributed by atoms with E-state index in [4.69, 9.17) is 5.73 Å². The Morgan fingerprint density at radius 1 is 1.00 bits per heavy atom. The van der Waals surface area contributed by atoms with Gasteiger partial charge in [-0.15, -0.1) is 12.4 Å². The number of alkyl halides is 6. The van der Waals surface area contributed by atoms with Crippen molar-refractivity contribution >= 4 is 12.4 Å². The van der Waals surface area contributed by atoms with Crippen LogP contribution in [0.2, 0.25) is 0 Å². The van der Waals surface area contributed by atoms with Crippen molar-refractivity contribution in [1.29, 1.82) is 0 Å². The van der Waals surface area contributed by atoms with Crippen LogP contribution in [0.1, 0.15) is 35.6 Å². The van der Waals surface area contributed by atoms with Gasteiger partial charge in [0.25, 0.3) is 0 Å². The Bertz CT molecular complexity index is 520. The first-order valence-electron chi connectivity index (χ1n) is 5.75. The first-order chi connectivity index (χ1) is 9.01. The lowest BCUT2D eigenvalue weighted by atomic mass is 9.94. The quantitative estimate of drug-likeness (QED) is 0.778. The molecule has 0 saturated heterocycles. The fraction of sp³-hybridized carbons (Fsp3) is 0.500. The van der Waals surface area contributed by atoms with Gasteiger partial charge in [-0.1, -0.05) is 0 Å². The van der Waals surface area contributed by atoms with Gasteiger partial charge in [0.15, 0.2) is 0 Å². The highest BCUT2D eigenvalue weighted by atomic mass is 35.5. The summed E-state index contributed by atoms with van der Waals surface area (Å²) in [4.78, 5) is 0. The van der Waals surface area contributed by atoms with Crippen LogP contribution in [0, 0.1) is 11.7 Å². The molecule has 1 atom stereocenters. The summed E-state index contributed by atoms with van der Waals surface area (Å²) in [6.07, 6.45) is -9.06. The summed E-state index contributed by atoms with van der Waals surface area (Å²) in [5, 5.41) is 0. The second-order valence-electron chi connectivity index (χ2n) is 4.78. The predicted molar refractivity (Wildman–Crippen MR) is 63.3 cm³/mol. The zero-order chi connectivity index (χ0) is 15.3. The van der Waals surface area contributed by atoms with Crippen molar-refractivity contribution in [2.75, 3.05) is 0 Å². The molecule has 2 rings (SSSR count). The molecule has 0 spiro atoms. The number of rotatable bonds is 2. The Hall–Kier alpha value is -1.02. The van der Waals surface area contributed by atoms with E-state index in [-0.39, 0.29) is 30.5 Å². The lowest BCUT2D eigenvalue weighted by molar-refractivity contribution is -0.144. The van der Waals surface area contributed by atoms with Gasteiger partial charge in [0.05, 0.1) is 11.1 Å². The average Bonchev–Trinajstić information content (AvgIpc) is 3.08. The standard InChI is InChI=1S/C12H10F7N.ClH/c13-8-4-6(11(14,15)16)3-7(12(17,18)19)9(8)10(20)5-1-2-5;/h3-5,10H,1-2,20H2;1H/t10-;/m0./s1. The third kappa shape index (κ3) is 3.79. The van der Waals surface area contributed by atoms with Crippen LogP contribution < -0.4 is 5.73 Å². The summed E-state index contributed by atoms with van der Waals surface area (Å²) >= 11 is 0. The third-order valence-electron chi connectivity index (χ3n) is 3.23. The lowest BCUT2D eigenvalue weighted by Crippen LogP contribution is -2.22. The molecule has 120 valence electrons. The SMILES string of the molecule is Cl.N[C@H](c1c(F)cc(C(F)(F)F)cc1C(F)(F)F)C1CC1. The molecule has 0 bridgehead atoms. The van der Waals surface area contributed by atoms with Gasteiger partial charge in [0.2, 0.25) is 0 Å². The van der Waals surface area contributed by atoms with E-state index >= 15 is 0 Å². The van der Waals surface area contributed by atoms with Gasteiger partial charge >= 0.3 is 12.4 Å². The largest absolute Gasteiger partial charge is 0.416 e. The van der Waals surface area contributed by atoms with Crippen molar-refractivity contribution in [3.05, 3.63) is 34.6 Å². The van der Waals surface area contributed by atoms with Gasteiger partial charge < -0.3 is 5.73 Å². The highest BCUT2D eigenvalue weighted by Crippen LogP contribution is 2.46. The molecule has 2 N–H and O–H groups in total. The Balaban J connectivity index is 0.00000220. The summed E-state index contributed by atoms with van der Waals surface area (Å²) in [7, 11) is 0. The summed E-state index contributed by atoms with van der Waals surface area (Å²) in [6.45, 7) is 0. The van der Waals surface area contributed by atoms with Gasteiger partial charge in [-0.25, -0.2) is 4.39 Å². The summed E-state index contributed by atoms with van der Waals surface area (Å²) in [5.74, 6) is -1.88. The second-order valence-corrected chi connectivity index (χ2v) is 4.78. The highest BCUT2D eigenvalue weighted by molar-refractivity contribution is 5.85. The first-order valence-corrected chi connectivity index (χ1v) is 5.75. The predicted octanol–water partition coefficient (Wildman–Crippen LogP) is 4.69. The minimum absolute atomic E-state index is 0. The van der Waals surface area contributed by atoms with Crippen LogP contribution >= 0.6 is 12.4 Å². The molecule has 9 heteroatoms. The number of hydrogen-bond donors (Lipinski definition) is 1. The summed E-state index contributed by atoms with van der Waals surface area (Å²) < 4.78 is 89.7. The zero-order valence-electron chi connectivity index (χ0n) is 10.4. The first kappa shape index (κ1) is 18.0. The fourth-order valence-corrected chi connectivity index (χ4v) is 2.05. The van der Waals surface area contributed by atoms with E-state index in [9.17, 15) is 30.7 Å². The van der Waals surface area contributed by atoms with Crippen molar-refractivity contribution in [3.63, 3.8) is 0 Å². The van der Waals surface area contributed by atoms with Crippen LogP contribution in [0.5, 0.6) is 0 Å². The average molecular weight is 338 g/mol. The minimum atomic E-state index is -5.09. The molecular weight excluding hydrogens is 327 g/mol. The Labute approximate surface area is 121 Å². The number of nitrogens with two attached hydrogens (primary N) is 1. The molecule has 1 aromatic rings. The number of hydrogen-bond acceptors (Lipinski definition) is 1. The molecule has 0 aliphatic heterocycles. The van der Waals surface area contributed by atoms with E-state index in [0.717, 1.165) is 0 Å². The van der Waals surface area contributed by atoms with Crippen LogP contribution in [0.15, 0.2) is 12.1 Å². The van der Waals surface area contributed by atoms with Gasteiger partial charge in [-0.2, -0.15) is 26.3 Å². The molecule has 0 aromatic heterocycles. The fourth-order valence-electron chi connectivity index (χ4n) is 2.05. The van der Waals surface area contributed by atoms with Crippen LogP contribution in [-0.2, 0) is 12.4 Å². The molecule has 0 unspecified atom stereocenters. The molecule has 1 aliphatic rings. The van der Waals surface area contributed by atoms with E-state index in [1.54, 1.807) is 0 Å². The molecule has 21 heavy (non-hydrogen) atoms. The van der Waals surface area contributed by atoms with E-state index in [2.05, 4.69) is 0 Å². The van der Waals surface area contributed by atoms with Gasteiger partial charge in [-0.3, -0.25) is 0 Å². The summed E-state index contributed by atoms with van der Waals surface area (Å²) in [5.41, 5.74) is 1.33. The summed E-state index contributed by atoms with van der Waals surface area (Å²) in [6, 6.07) is -1.26. The molecule has 1 aliphatic carbocycles. The van der Waals surface area contributed by atoms with E-state index < -0.39 is 40.9 Å². The molecule has 1 fully saturated rings. The minimum Gasteiger partial charge on any atom is -0.324 e. The maximum absolute atomic E-state index is 13.7. The normalized spacial score (nSPS) is 17.3. The Morgan fingerprint density at radius 2 is 1.52 bits per heavy atom. The van der Waals surface area contributed by atoms with Gasteiger partial charge in [-0.05, 0) is 30.9 Å². The zero-order valence-corrected chi connectivity index (χ0v) is 11.2. The number of halogens is 8. The molecular formula is C12H11ClF7N. The van der Waals surface area contributed by atoms with Gasteiger partial charge in [0.1, 0.15) is 5.82 Å². The lowest BCUT2D eigenvalue weighted by Gasteiger charge is -2.20. The van der Waals surface area contributed by atoms with Crippen LogP contribution in [0.25, 0.3) is 0 Å². The van der Waals surface area contributed by atoms with Crippen molar-refractivity contribution in [3.8, 4) is 0 Å². The topological polar surface area (TPSA) is 26.0 Å². The van der Waals surface area contributed by atoms with Crippen molar-refractivity contribution in [1.82, 2.24) is 0 Å². The van der Waals surface area contributed by atoms with Crippen LogP contribution in [0.4, 0.5) is 30.7 Å². The van der Waals surface area contributed by atoms with Crippen molar-refractivity contribution in [2.45, 2.75) is 31.2 Å². The molecule has 1 aromatic carbocycles. The smallest absolute Gasteiger partial charge is 0.324 e.